The molecular formula is C16H23ClN2O3. The van der Waals surface area contributed by atoms with Crippen LogP contribution < -0.4 is 15.4 Å². The van der Waals surface area contributed by atoms with Gasteiger partial charge in [-0.15, -0.1) is 0 Å². The summed E-state index contributed by atoms with van der Waals surface area (Å²) in [5.41, 5.74) is 0. The third-order valence-corrected chi connectivity index (χ3v) is 4.09. The highest BCUT2D eigenvalue weighted by Gasteiger charge is 2.22. The minimum atomic E-state index is -0.212. The number of ether oxygens (including phenoxy) is 1. The lowest BCUT2D eigenvalue weighted by Gasteiger charge is -2.17. The standard InChI is InChI=1S/C16H23ClN2O3/c1-11(22-15-5-3-2-4-14(15)17)9-18-16(21)19-10-12-6-7-13(20)8-12/h2-5,11-13,20H,6-10H2,1H3,(H2,18,19,21)/t11-,12+,13+/m1/s1. The van der Waals surface area contributed by atoms with Crippen LogP contribution in [0.2, 0.25) is 5.02 Å². The van der Waals surface area contributed by atoms with Crippen molar-refractivity contribution in [1.29, 1.82) is 0 Å². The van der Waals surface area contributed by atoms with Crippen LogP contribution in [0.5, 0.6) is 5.75 Å². The fourth-order valence-electron chi connectivity index (χ4n) is 2.57. The lowest BCUT2D eigenvalue weighted by atomic mass is 10.1. The van der Waals surface area contributed by atoms with Gasteiger partial charge in [-0.2, -0.15) is 0 Å². The molecule has 2 rings (SSSR count). The zero-order valence-corrected chi connectivity index (χ0v) is 13.5. The maximum atomic E-state index is 11.7. The second kappa shape index (κ2) is 8.25. The van der Waals surface area contributed by atoms with Crippen molar-refractivity contribution in [3.8, 4) is 5.75 Å². The summed E-state index contributed by atoms with van der Waals surface area (Å²) in [5.74, 6) is 0.983. The number of benzene rings is 1. The molecule has 3 atom stereocenters. The normalized spacial score (nSPS) is 22.1. The molecule has 0 aliphatic heterocycles. The topological polar surface area (TPSA) is 70.6 Å². The van der Waals surface area contributed by atoms with Crippen molar-refractivity contribution in [2.24, 2.45) is 5.92 Å². The molecule has 0 radical (unpaired) electrons. The molecule has 1 aliphatic carbocycles. The molecule has 1 aliphatic rings. The number of nitrogens with one attached hydrogen (secondary N) is 2. The summed E-state index contributed by atoms with van der Waals surface area (Å²) in [4.78, 5) is 11.7. The lowest BCUT2D eigenvalue weighted by Crippen LogP contribution is -2.42. The Hall–Kier alpha value is -1.46. The van der Waals surface area contributed by atoms with Crippen LogP contribution in [0.1, 0.15) is 26.2 Å². The predicted molar refractivity (Wildman–Crippen MR) is 86.3 cm³/mol. The summed E-state index contributed by atoms with van der Waals surface area (Å²) < 4.78 is 5.68. The van der Waals surface area contributed by atoms with Gasteiger partial charge in [0.25, 0.3) is 0 Å². The molecule has 122 valence electrons. The van der Waals surface area contributed by atoms with Crippen LogP contribution in [0.25, 0.3) is 0 Å². The smallest absolute Gasteiger partial charge is 0.314 e. The van der Waals surface area contributed by atoms with E-state index in [1.54, 1.807) is 12.1 Å². The SMILES string of the molecule is C[C@H](CNC(=O)NC[C@H]1CC[C@H](O)C1)Oc1ccccc1Cl. The van der Waals surface area contributed by atoms with Crippen molar-refractivity contribution in [2.45, 2.75) is 38.4 Å². The average molecular weight is 327 g/mol. The van der Waals surface area contributed by atoms with Gasteiger partial charge in [0.15, 0.2) is 0 Å². The number of amides is 2. The Morgan fingerprint density at radius 3 is 2.86 bits per heavy atom. The number of urea groups is 1. The summed E-state index contributed by atoms with van der Waals surface area (Å²) >= 11 is 6.02. The molecule has 5 nitrogen and oxygen atoms in total. The Bertz CT molecular complexity index is 498. The van der Waals surface area contributed by atoms with Gasteiger partial charge >= 0.3 is 6.03 Å². The molecular weight excluding hydrogens is 304 g/mol. The van der Waals surface area contributed by atoms with Crippen LogP contribution in [0, 0.1) is 5.92 Å². The second-order valence-corrected chi connectivity index (χ2v) is 6.19. The number of carbonyl (C=O) groups excluding carboxylic acids is 1. The van der Waals surface area contributed by atoms with E-state index in [1.165, 1.54) is 0 Å². The summed E-state index contributed by atoms with van der Waals surface area (Å²) in [6, 6.07) is 7.04. The number of aliphatic hydroxyl groups excluding tert-OH is 1. The van der Waals surface area contributed by atoms with Gasteiger partial charge in [-0.25, -0.2) is 4.79 Å². The quantitative estimate of drug-likeness (QED) is 0.752. The fourth-order valence-corrected chi connectivity index (χ4v) is 2.75. The third kappa shape index (κ3) is 5.39. The number of halogens is 1. The number of hydrogen-bond donors (Lipinski definition) is 3. The Morgan fingerprint density at radius 1 is 1.41 bits per heavy atom. The Morgan fingerprint density at radius 2 is 2.18 bits per heavy atom. The van der Waals surface area contributed by atoms with Crippen LogP contribution in [0.15, 0.2) is 24.3 Å². The van der Waals surface area contributed by atoms with Crippen LogP contribution in [-0.2, 0) is 0 Å². The molecule has 0 aromatic heterocycles. The van der Waals surface area contributed by atoms with E-state index in [0.29, 0.717) is 29.8 Å². The van der Waals surface area contributed by atoms with Gasteiger partial charge in [0.2, 0.25) is 0 Å². The molecule has 22 heavy (non-hydrogen) atoms. The molecule has 1 saturated carbocycles. The number of carbonyl (C=O) groups is 1. The zero-order chi connectivity index (χ0) is 15.9. The van der Waals surface area contributed by atoms with Gasteiger partial charge in [-0.05, 0) is 44.2 Å². The highest BCUT2D eigenvalue weighted by molar-refractivity contribution is 6.32. The van der Waals surface area contributed by atoms with E-state index in [2.05, 4.69) is 10.6 Å². The number of rotatable bonds is 6. The van der Waals surface area contributed by atoms with Gasteiger partial charge < -0.3 is 20.5 Å². The molecule has 1 aromatic carbocycles. The first-order chi connectivity index (χ1) is 10.5. The van der Waals surface area contributed by atoms with E-state index in [9.17, 15) is 9.90 Å². The Kier molecular flexibility index (Phi) is 6.34. The number of hydrogen-bond acceptors (Lipinski definition) is 3. The molecule has 0 heterocycles. The van der Waals surface area contributed by atoms with E-state index in [0.717, 1.165) is 19.3 Å². The molecule has 0 saturated heterocycles. The van der Waals surface area contributed by atoms with Crippen LogP contribution in [0.4, 0.5) is 4.79 Å². The van der Waals surface area contributed by atoms with Gasteiger partial charge in [0.1, 0.15) is 11.9 Å². The molecule has 3 N–H and O–H groups in total. The number of aliphatic hydroxyl groups is 1. The number of para-hydroxylation sites is 1. The molecule has 1 fully saturated rings. The van der Waals surface area contributed by atoms with Crippen molar-refractivity contribution in [2.75, 3.05) is 13.1 Å². The average Bonchev–Trinajstić information content (AvgIpc) is 2.91. The van der Waals surface area contributed by atoms with Crippen LogP contribution in [0.3, 0.4) is 0 Å². The maximum Gasteiger partial charge on any atom is 0.314 e. The van der Waals surface area contributed by atoms with E-state index in [4.69, 9.17) is 16.3 Å². The maximum absolute atomic E-state index is 11.7. The van der Waals surface area contributed by atoms with Crippen molar-refractivity contribution in [3.05, 3.63) is 29.3 Å². The van der Waals surface area contributed by atoms with Crippen LogP contribution >= 0.6 is 11.6 Å². The van der Waals surface area contributed by atoms with Gasteiger partial charge in [0, 0.05) is 6.54 Å². The Labute approximate surface area is 136 Å². The van der Waals surface area contributed by atoms with Crippen molar-refractivity contribution < 1.29 is 14.6 Å². The van der Waals surface area contributed by atoms with Crippen molar-refractivity contribution in [3.63, 3.8) is 0 Å². The van der Waals surface area contributed by atoms with Crippen molar-refractivity contribution in [1.82, 2.24) is 10.6 Å². The highest BCUT2D eigenvalue weighted by atomic mass is 35.5. The summed E-state index contributed by atoms with van der Waals surface area (Å²) in [5, 5.41) is 15.6. The highest BCUT2D eigenvalue weighted by Crippen LogP contribution is 2.25. The summed E-state index contributed by atoms with van der Waals surface area (Å²) in [6.45, 7) is 2.87. The van der Waals surface area contributed by atoms with Crippen molar-refractivity contribution >= 4 is 17.6 Å². The largest absolute Gasteiger partial charge is 0.487 e. The molecule has 2 amide bonds. The molecule has 1 aromatic rings. The van der Waals surface area contributed by atoms with Gasteiger partial charge in [-0.1, -0.05) is 23.7 Å². The van der Waals surface area contributed by atoms with E-state index < -0.39 is 0 Å². The van der Waals surface area contributed by atoms with E-state index in [1.807, 2.05) is 19.1 Å². The fraction of sp³-hybridized carbons (Fsp3) is 0.562. The first-order valence-electron chi connectivity index (χ1n) is 7.65. The summed E-state index contributed by atoms with van der Waals surface area (Å²) in [6.07, 6.45) is 2.18. The zero-order valence-electron chi connectivity index (χ0n) is 12.7. The molecule has 0 spiro atoms. The molecule has 0 bridgehead atoms. The molecule has 6 heteroatoms. The van der Waals surface area contributed by atoms with Gasteiger partial charge in [0.05, 0.1) is 17.7 Å². The van der Waals surface area contributed by atoms with Gasteiger partial charge in [-0.3, -0.25) is 0 Å². The lowest BCUT2D eigenvalue weighted by molar-refractivity contribution is 0.177. The summed E-state index contributed by atoms with van der Waals surface area (Å²) in [7, 11) is 0. The first-order valence-corrected chi connectivity index (χ1v) is 8.03. The van der Waals surface area contributed by atoms with E-state index in [-0.39, 0.29) is 18.2 Å². The predicted octanol–water partition coefficient (Wildman–Crippen LogP) is 2.57. The third-order valence-electron chi connectivity index (χ3n) is 3.78. The second-order valence-electron chi connectivity index (χ2n) is 5.78. The molecule has 0 unspecified atom stereocenters. The minimum absolute atomic E-state index is 0.182. The monoisotopic (exact) mass is 326 g/mol. The van der Waals surface area contributed by atoms with Crippen LogP contribution in [-0.4, -0.2) is 36.4 Å². The first kappa shape index (κ1) is 16.9. The van der Waals surface area contributed by atoms with E-state index >= 15 is 0 Å². The minimum Gasteiger partial charge on any atom is -0.487 e. The Balaban J connectivity index is 1.64.